The molecule has 70 valence electrons. The van der Waals surface area contributed by atoms with E-state index in [2.05, 4.69) is 9.98 Å². The van der Waals surface area contributed by atoms with Gasteiger partial charge in [0.25, 0.3) is 0 Å². The number of nitrogens with zero attached hydrogens (tertiary/aromatic N) is 3. The Kier molecular flexibility index (Phi) is 1.39. The average Bonchev–Trinajstić information content (AvgIpc) is 2.65. The second-order valence-electron chi connectivity index (χ2n) is 3.36. The van der Waals surface area contributed by atoms with E-state index in [0.29, 0.717) is 6.67 Å². The third kappa shape index (κ3) is 0.878. The van der Waals surface area contributed by atoms with Gasteiger partial charge in [-0.05, 0) is 12.1 Å². The van der Waals surface area contributed by atoms with E-state index in [1.807, 2.05) is 23.4 Å². The summed E-state index contributed by atoms with van der Waals surface area (Å²) in [4.78, 5) is 10.5. The van der Waals surface area contributed by atoms with Crippen molar-refractivity contribution in [1.82, 2.24) is 0 Å². The Balaban J connectivity index is 2.20. The second kappa shape index (κ2) is 2.57. The van der Waals surface area contributed by atoms with E-state index in [1.165, 1.54) is 0 Å². The highest BCUT2D eigenvalue weighted by molar-refractivity contribution is 6.00. The summed E-state index contributed by atoms with van der Waals surface area (Å²) in [6.07, 6.45) is 3.69. The number of fused-ring (bicyclic) bond motifs is 3. The zero-order chi connectivity index (χ0) is 9.54. The summed E-state index contributed by atoms with van der Waals surface area (Å²) in [7, 11) is 0. The smallest absolute Gasteiger partial charge is 0.141 e. The maximum absolute atomic E-state index is 9.73. The van der Waals surface area contributed by atoms with Gasteiger partial charge in [-0.2, -0.15) is 0 Å². The van der Waals surface area contributed by atoms with Crippen LogP contribution < -0.4 is 4.90 Å². The maximum Gasteiger partial charge on any atom is 0.141 e. The molecule has 0 saturated heterocycles. The number of rotatable bonds is 0. The van der Waals surface area contributed by atoms with Gasteiger partial charge in [0, 0.05) is 12.4 Å². The molecular weight excluding hydrogens is 178 g/mol. The molecule has 1 atom stereocenters. The van der Waals surface area contributed by atoms with E-state index in [-0.39, 0.29) is 11.8 Å². The minimum absolute atomic E-state index is 0.107. The molecule has 14 heavy (non-hydrogen) atoms. The van der Waals surface area contributed by atoms with Crippen LogP contribution in [0.25, 0.3) is 0 Å². The summed E-state index contributed by atoms with van der Waals surface area (Å²) in [6, 6.07) is 5.47. The van der Waals surface area contributed by atoms with Crippen LogP contribution in [-0.2, 0) is 0 Å². The van der Waals surface area contributed by atoms with Crippen molar-refractivity contribution >= 4 is 23.8 Å². The van der Waals surface area contributed by atoms with Gasteiger partial charge in [-0.1, -0.05) is 6.07 Å². The van der Waals surface area contributed by atoms with Gasteiger partial charge in [0.05, 0.1) is 5.69 Å². The van der Waals surface area contributed by atoms with Crippen LogP contribution in [-0.4, -0.2) is 30.2 Å². The number of aromatic hydroxyl groups is 1. The largest absolute Gasteiger partial charge is 0.506 e. The van der Waals surface area contributed by atoms with Crippen LogP contribution >= 0.6 is 0 Å². The van der Waals surface area contributed by atoms with E-state index >= 15 is 0 Å². The highest BCUT2D eigenvalue weighted by Gasteiger charge is 2.27. The van der Waals surface area contributed by atoms with Gasteiger partial charge < -0.3 is 10.0 Å². The van der Waals surface area contributed by atoms with Crippen molar-refractivity contribution in [2.24, 2.45) is 9.98 Å². The molecule has 1 aromatic carbocycles. The number of aliphatic imine (C=N–C) groups is 2. The quantitative estimate of drug-likeness (QED) is 0.666. The highest BCUT2D eigenvalue weighted by atomic mass is 16.3. The Morgan fingerprint density at radius 3 is 3.21 bits per heavy atom. The zero-order valence-corrected chi connectivity index (χ0v) is 7.46. The Bertz CT molecular complexity index is 439. The molecule has 0 saturated carbocycles. The summed E-state index contributed by atoms with van der Waals surface area (Å²) in [5.41, 5.74) is 1.60. The van der Waals surface area contributed by atoms with Crippen molar-refractivity contribution in [3.63, 3.8) is 0 Å². The molecule has 1 aromatic rings. The third-order valence-electron chi connectivity index (χ3n) is 2.50. The fourth-order valence-electron chi connectivity index (χ4n) is 1.83. The molecule has 0 aliphatic carbocycles. The molecule has 2 aliphatic rings. The molecule has 0 fully saturated rings. The van der Waals surface area contributed by atoms with E-state index in [9.17, 15) is 5.11 Å². The maximum atomic E-state index is 9.73. The zero-order valence-electron chi connectivity index (χ0n) is 7.46. The summed E-state index contributed by atoms with van der Waals surface area (Å²) < 4.78 is 0. The molecule has 4 heteroatoms. The van der Waals surface area contributed by atoms with Crippen molar-refractivity contribution in [2.45, 2.75) is 6.04 Å². The Morgan fingerprint density at radius 1 is 1.36 bits per heavy atom. The lowest BCUT2D eigenvalue weighted by Gasteiger charge is -2.27. The van der Waals surface area contributed by atoms with E-state index in [1.54, 1.807) is 12.1 Å². The van der Waals surface area contributed by atoms with Crippen LogP contribution in [0.4, 0.5) is 11.4 Å². The van der Waals surface area contributed by atoms with Gasteiger partial charge >= 0.3 is 0 Å². The molecule has 1 unspecified atom stereocenters. The third-order valence-corrected chi connectivity index (χ3v) is 2.50. The van der Waals surface area contributed by atoms with E-state index in [0.717, 1.165) is 11.4 Å². The first kappa shape index (κ1) is 7.55. The van der Waals surface area contributed by atoms with Crippen LogP contribution in [0.1, 0.15) is 0 Å². The van der Waals surface area contributed by atoms with Crippen molar-refractivity contribution < 1.29 is 5.11 Å². The Morgan fingerprint density at radius 2 is 2.29 bits per heavy atom. The summed E-state index contributed by atoms with van der Waals surface area (Å²) >= 11 is 0. The highest BCUT2D eigenvalue weighted by Crippen LogP contribution is 2.40. The van der Waals surface area contributed by atoms with Crippen LogP contribution in [0.15, 0.2) is 28.2 Å². The molecule has 0 radical (unpaired) electrons. The predicted molar refractivity (Wildman–Crippen MR) is 55.9 cm³/mol. The van der Waals surface area contributed by atoms with Crippen molar-refractivity contribution in [3.05, 3.63) is 18.2 Å². The number of benzene rings is 1. The lowest BCUT2D eigenvalue weighted by molar-refractivity contribution is 0.474. The number of hydrogen-bond acceptors (Lipinski definition) is 4. The van der Waals surface area contributed by atoms with Gasteiger partial charge in [0.15, 0.2) is 0 Å². The number of para-hydroxylation sites is 1. The van der Waals surface area contributed by atoms with E-state index < -0.39 is 0 Å². The van der Waals surface area contributed by atoms with Gasteiger partial charge in [0.1, 0.15) is 24.1 Å². The first-order valence-corrected chi connectivity index (χ1v) is 4.49. The average molecular weight is 187 g/mol. The van der Waals surface area contributed by atoms with Gasteiger partial charge in [-0.3, -0.25) is 9.98 Å². The van der Waals surface area contributed by atoms with E-state index in [4.69, 9.17) is 0 Å². The molecule has 0 amide bonds. The number of phenolic OH excluding ortho intramolecular Hbond substituents is 1. The molecular formula is C10H9N3O. The lowest BCUT2D eigenvalue weighted by atomic mass is 10.1. The SMILES string of the molecule is Oc1cccc2c1N1CN=CC1C=N2. The van der Waals surface area contributed by atoms with Crippen LogP contribution in [0, 0.1) is 0 Å². The molecule has 0 aromatic heterocycles. The topological polar surface area (TPSA) is 48.2 Å². The minimum atomic E-state index is 0.107. The number of hydrogen-bond donors (Lipinski definition) is 1. The Labute approximate surface area is 81.2 Å². The summed E-state index contributed by atoms with van der Waals surface area (Å²) in [5.74, 6) is 0.273. The predicted octanol–water partition coefficient (Wildman–Crippen LogP) is 1.32. The molecule has 0 bridgehead atoms. The molecule has 2 aliphatic heterocycles. The van der Waals surface area contributed by atoms with Crippen molar-refractivity contribution in [3.8, 4) is 5.75 Å². The van der Waals surface area contributed by atoms with Gasteiger partial charge in [-0.25, -0.2) is 0 Å². The molecule has 3 rings (SSSR count). The molecule has 2 heterocycles. The molecule has 1 N–H and O–H groups in total. The first-order valence-electron chi connectivity index (χ1n) is 4.49. The second-order valence-corrected chi connectivity index (χ2v) is 3.36. The van der Waals surface area contributed by atoms with Gasteiger partial charge in [-0.15, -0.1) is 0 Å². The van der Waals surface area contributed by atoms with Crippen LogP contribution in [0.3, 0.4) is 0 Å². The Hall–Kier alpha value is -1.84. The summed E-state index contributed by atoms with van der Waals surface area (Å²) in [6.45, 7) is 0.598. The molecule has 4 nitrogen and oxygen atoms in total. The van der Waals surface area contributed by atoms with Crippen LogP contribution in [0.5, 0.6) is 5.75 Å². The number of phenols is 1. The monoisotopic (exact) mass is 187 g/mol. The fourth-order valence-corrected chi connectivity index (χ4v) is 1.83. The number of anilines is 1. The summed E-state index contributed by atoms with van der Waals surface area (Å²) in [5, 5.41) is 9.73. The first-order chi connectivity index (χ1) is 6.86. The normalized spacial score (nSPS) is 22.3. The van der Waals surface area contributed by atoms with Gasteiger partial charge in [0.2, 0.25) is 0 Å². The molecule has 0 spiro atoms. The van der Waals surface area contributed by atoms with Crippen LogP contribution in [0.2, 0.25) is 0 Å². The lowest BCUT2D eigenvalue weighted by Crippen LogP contribution is -2.34. The van der Waals surface area contributed by atoms with Crippen molar-refractivity contribution in [2.75, 3.05) is 11.6 Å². The van der Waals surface area contributed by atoms with Crippen molar-refractivity contribution in [1.29, 1.82) is 0 Å². The minimum Gasteiger partial charge on any atom is -0.506 e. The standard InChI is InChI=1S/C10H9N3O/c14-9-3-1-2-8-10(9)13-6-11-4-7(13)5-12-8/h1-5,7,14H,6H2. The fraction of sp³-hybridized carbons (Fsp3) is 0.200.